The van der Waals surface area contributed by atoms with Crippen LogP contribution in [0.25, 0.3) is 0 Å². The van der Waals surface area contributed by atoms with Crippen molar-refractivity contribution in [2.24, 2.45) is 0 Å². The smallest absolute Gasteiger partial charge is 0.139 e. The Bertz CT molecular complexity index is 959. The lowest BCUT2D eigenvalue weighted by Crippen LogP contribution is -2.06. The first kappa shape index (κ1) is 19.9. The molecule has 0 spiro atoms. The van der Waals surface area contributed by atoms with E-state index < -0.39 is 0 Å². The number of nitrogens with one attached hydrogen (secondary N) is 1. The Morgan fingerprint density at radius 2 is 1.78 bits per heavy atom. The van der Waals surface area contributed by atoms with Crippen molar-refractivity contribution in [1.82, 2.24) is 0 Å². The van der Waals surface area contributed by atoms with Crippen molar-refractivity contribution in [3.05, 3.63) is 91.6 Å². The van der Waals surface area contributed by atoms with Gasteiger partial charge in [0.25, 0.3) is 0 Å². The van der Waals surface area contributed by atoms with Gasteiger partial charge in [-0.3, -0.25) is 0 Å². The highest BCUT2D eigenvalue weighted by atomic mass is 79.9. The molecule has 3 aromatic rings. The molecule has 3 rings (SSSR count). The normalized spacial score (nSPS) is 10.7. The van der Waals surface area contributed by atoms with Crippen molar-refractivity contribution in [1.29, 1.82) is 0 Å². The maximum Gasteiger partial charge on any atom is 0.139 e. The minimum absolute atomic E-state index is 0.261. The van der Waals surface area contributed by atoms with Gasteiger partial charge in [0.2, 0.25) is 0 Å². The maximum atomic E-state index is 13.4. The molecule has 5 heteroatoms. The third kappa shape index (κ3) is 5.11. The molecule has 0 radical (unpaired) electrons. The van der Waals surface area contributed by atoms with E-state index in [0.29, 0.717) is 13.2 Å². The van der Waals surface area contributed by atoms with Crippen molar-refractivity contribution in [2.45, 2.75) is 27.0 Å². The third-order valence-electron chi connectivity index (χ3n) is 4.43. The van der Waals surface area contributed by atoms with Crippen LogP contribution in [0.15, 0.2) is 63.5 Å². The summed E-state index contributed by atoms with van der Waals surface area (Å²) in [6, 6.07) is 16.7. The molecule has 0 saturated carbocycles. The molecule has 0 aliphatic heterocycles. The van der Waals surface area contributed by atoms with Crippen molar-refractivity contribution < 1.29 is 9.13 Å². The second-order valence-corrected chi connectivity index (χ2v) is 8.17. The number of anilines is 1. The van der Waals surface area contributed by atoms with Gasteiger partial charge in [-0.2, -0.15) is 0 Å². The van der Waals surface area contributed by atoms with Crippen LogP contribution in [-0.2, 0) is 13.2 Å². The maximum absolute atomic E-state index is 13.4. The molecule has 0 amide bonds. The third-order valence-corrected chi connectivity index (χ3v) is 5.48. The quantitative estimate of drug-likeness (QED) is 0.394. The molecule has 0 heterocycles. The first-order valence-electron chi connectivity index (χ1n) is 8.59. The second kappa shape index (κ2) is 8.89. The van der Waals surface area contributed by atoms with Gasteiger partial charge in [0.15, 0.2) is 0 Å². The standard InChI is InChI=1S/C22H20Br2FNO/c1-14-5-3-8-21(15(14)2)26-12-17-10-18(23)11-20(24)22(17)27-13-16-6-4-7-19(25)9-16/h3-11,26H,12-13H2,1-2H3. The predicted molar refractivity (Wildman–Crippen MR) is 116 cm³/mol. The van der Waals surface area contributed by atoms with Gasteiger partial charge in [-0.25, -0.2) is 4.39 Å². The first-order valence-corrected chi connectivity index (χ1v) is 10.2. The second-order valence-electron chi connectivity index (χ2n) is 6.40. The first-order chi connectivity index (χ1) is 12.9. The summed E-state index contributed by atoms with van der Waals surface area (Å²) in [6.45, 7) is 5.12. The van der Waals surface area contributed by atoms with Gasteiger partial charge < -0.3 is 10.1 Å². The van der Waals surface area contributed by atoms with Crippen LogP contribution in [0.1, 0.15) is 22.3 Å². The molecule has 27 heavy (non-hydrogen) atoms. The van der Waals surface area contributed by atoms with Gasteiger partial charge in [0.1, 0.15) is 18.2 Å². The molecule has 0 aliphatic carbocycles. The lowest BCUT2D eigenvalue weighted by Gasteiger charge is -2.17. The van der Waals surface area contributed by atoms with E-state index in [2.05, 4.69) is 63.2 Å². The van der Waals surface area contributed by atoms with Crippen LogP contribution < -0.4 is 10.1 Å². The summed E-state index contributed by atoms with van der Waals surface area (Å²) in [5.41, 5.74) is 5.38. The highest BCUT2D eigenvalue weighted by molar-refractivity contribution is 9.11. The van der Waals surface area contributed by atoms with E-state index in [4.69, 9.17) is 4.74 Å². The van der Waals surface area contributed by atoms with Gasteiger partial charge >= 0.3 is 0 Å². The average molecular weight is 493 g/mol. The van der Waals surface area contributed by atoms with E-state index in [9.17, 15) is 4.39 Å². The summed E-state index contributed by atoms with van der Waals surface area (Å²) < 4.78 is 21.3. The number of aryl methyl sites for hydroxylation is 1. The fourth-order valence-electron chi connectivity index (χ4n) is 2.82. The average Bonchev–Trinajstić information content (AvgIpc) is 2.62. The largest absolute Gasteiger partial charge is 0.487 e. The SMILES string of the molecule is Cc1cccc(NCc2cc(Br)cc(Br)c2OCc2cccc(F)c2)c1C. The van der Waals surface area contributed by atoms with Crippen LogP contribution in [0.3, 0.4) is 0 Å². The van der Waals surface area contributed by atoms with Crippen LogP contribution in [0.4, 0.5) is 10.1 Å². The number of rotatable bonds is 6. The highest BCUT2D eigenvalue weighted by Crippen LogP contribution is 2.34. The van der Waals surface area contributed by atoms with E-state index in [0.717, 1.165) is 31.5 Å². The highest BCUT2D eigenvalue weighted by Gasteiger charge is 2.12. The van der Waals surface area contributed by atoms with Gasteiger partial charge in [-0.1, -0.05) is 40.2 Å². The molecule has 0 saturated heterocycles. The van der Waals surface area contributed by atoms with Crippen molar-refractivity contribution >= 4 is 37.5 Å². The molecule has 0 bridgehead atoms. The zero-order valence-corrected chi connectivity index (χ0v) is 18.3. The predicted octanol–water partition coefficient (Wildman–Crippen LogP) is 7.16. The van der Waals surface area contributed by atoms with Crippen LogP contribution in [0.2, 0.25) is 0 Å². The molecule has 2 nitrogen and oxygen atoms in total. The fourth-order valence-corrected chi connectivity index (χ4v) is 4.25. The zero-order valence-electron chi connectivity index (χ0n) is 15.2. The van der Waals surface area contributed by atoms with Crippen molar-refractivity contribution in [3.63, 3.8) is 0 Å². The number of hydrogen-bond acceptors (Lipinski definition) is 2. The molecule has 0 unspecified atom stereocenters. The molecular weight excluding hydrogens is 473 g/mol. The number of ether oxygens (including phenoxy) is 1. The van der Waals surface area contributed by atoms with Crippen LogP contribution >= 0.6 is 31.9 Å². The molecule has 0 aromatic heterocycles. The molecule has 3 aromatic carbocycles. The molecular formula is C22H20Br2FNO. The van der Waals surface area contributed by atoms with Crippen LogP contribution in [0, 0.1) is 19.7 Å². The van der Waals surface area contributed by atoms with Crippen LogP contribution in [-0.4, -0.2) is 0 Å². The van der Waals surface area contributed by atoms with E-state index >= 15 is 0 Å². The van der Waals surface area contributed by atoms with E-state index in [1.54, 1.807) is 6.07 Å². The Hall–Kier alpha value is -1.85. The van der Waals surface area contributed by atoms with Gasteiger partial charge in [0, 0.05) is 22.3 Å². The summed E-state index contributed by atoms with van der Waals surface area (Å²) in [5, 5.41) is 3.49. The number of hydrogen-bond donors (Lipinski definition) is 1. The Balaban J connectivity index is 1.80. The lowest BCUT2D eigenvalue weighted by atomic mass is 10.1. The zero-order chi connectivity index (χ0) is 19.4. The number of benzene rings is 3. The minimum Gasteiger partial charge on any atom is -0.487 e. The fraction of sp³-hybridized carbons (Fsp3) is 0.182. The summed E-state index contributed by atoms with van der Waals surface area (Å²) in [5.74, 6) is 0.489. The van der Waals surface area contributed by atoms with Crippen molar-refractivity contribution in [3.8, 4) is 5.75 Å². The Morgan fingerprint density at radius 1 is 1.00 bits per heavy atom. The molecule has 0 fully saturated rings. The van der Waals surface area contributed by atoms with E-state index in [-0.39, 0.29) is 5.82 Å². The topological polar surface area (TPSA) is 21.3 Å². The molecule has 0 atom stereocenters. The Morgan fingerprint density at radius 3 is 2.56 bits per heavy atom. The van der Waals surface area contributed by atoms with Crippen LogP contribution in [0.5, 0.6) is 5.75 Å². The summed E-state index contributed by atoms with van der Waals surface area (Å²) in [7, 11) is 0. The summed E-state index contributed by atoms with van der Waals surface area (Å²) in [4.78, 5) is 0. The lowest BCUT2D eigenvalue weighted by molar-refractivity contribution is 0.300. The van der Waals surface area contributed by atoms with E-state index in [1.807, 2.05) is 24.3 Å². The van der Waals surface area contributed by atoms with Crippen molar-refractivity contribution in [2.75, 3.05) is 5.32 Å². The van der Waals surface area contributed by atoms with E-state index in [1.165, 1.54) is 23.3 Å². The summed E-state index contributed by atoms with van der Waals surface area (Å²) in [6.07, 6.45) is 0. The number of halogens is 3. The minimum atomic E-state index is -0.261. The monoisotopic (exact) mass is 491 g/mol. The Labute approximate surface area is 176 Å². The Kier molecular flexibility index (Phi) is 6.55. The molecule has 140 valence electrons. The summed E-state index contributed by atoms with van der Waals surface area (Å²) >= 11 is 7.12. The van der Waals surface area contributed by atoms with Gasteiger partial charge in [0.05, 0.1) is 4.47 Å². The molecule has 1 N–H and O–H groups in total. The van der Waals surface area contributed by atoms with Gasteiger partial charge in [-0.15, -0.1) is 0 Å². The van der Waals surface area contributed by atoms with Gasteiger partial charge in [-0.05, 0) is 76.8 Å². The molecule has 0 aliphatic rings.